The first-order chi connectivity index (χ1) is 9.72. The maximum Gasteiger partial charge on any atom is 0.119 e. The Morgan fingerprint density at radius 3 is 2.55 bits per heavy atom. The molecule has 0 radical (unpaired) electrons. The van der Waals surface area contributed by atoms with E-state index in [1.807, 2.05) is 7.05 Å². The summed E-state index contributed by atoms with van der Waals surface area (Å²) in [6.07, 6.45) is 3.88. The van der Waals surface area contributed by atoms with Crippen LogP contribution in [-0.4, -0.2) is 38.7 Å². The standard InChI is InChI=1S/C17H28N2O/c1-4-11-20-16-9-7-15(8-10-16)17(18-2)13-19(3)12-14-5-6-14/h7-10,14,17-18H,4-6,11-13H2,1-3H3. The highest BCUT2D eigenvalue weighted by molar-refractivity contribution is 5.29. The molecule has 3 heteroatoms. The van der Waals surface area contributed by atoms with Gasteiger partial charge in [-0.15, -0.1) is 0 Å². The highest BCUT2D eigenvalue weighted by Gasteiger charge is 2.23. The van der Waals surface area contributed by atoms with Crippen molar-refractivity contribution < 1.29 is 4.74 Å². The third-order valence-corrected chi connectivity index (χ3v) is 3.86. The summed E-state index contributed by atoms with van der Waals surface area (Å²) in [6, 6.07) is 8.90. The van der Waals surface area contributed by atoms with E-state index in [4.69, 9.17) is 4.74 Å². The molecule has 0 aliphatic heterocycles. The maximum atomic E-state index is 5.63. The van der Waals surface area contributed by atoms with Gasteiger partial charge in [-0.25, -0.2) is 0 Å². The van der Waals surface area contributed by atoms with Crippen LogP contribution in [0.25, 0.3) is 0 Å². The van der Waals surface area contributed by atoms with Gasteiger partial charge in [0.15, 0.2) is 0 Å². The minimum absolute atomic E-state index is 0.388. The lowest BCUT2D eigenvalue weighted by Gasteiger charge is -2.24. The van der Waals surface area contributed by atoms with Gasteiger partial charge < -0.3 is 15.0 Å². The molecule has 1 aliphatic rings. The molecule has 0 spiro atoms. The van der Waals surface area contributed by atoms with Crippen molar-refractivity contribution in [1.82, 2.24) is 10.2 Å². The molecule has 1 fully saturated rings. The number of hydrogen-bond acceptors (Lipinski definition) is 3. The number of nitrogens with one attached hydrogen (secondary N) is 1. The number of nitrogens with zero attached hydrogens (tertiary/aromatic N) is 1. The monoisotopic (exact) mass is 276 g/mol. The van der Waals surface area contributed by atoms with E-state index in [1.54, 1.807) is 0 Å². The molecular formula is C17H28N2O. The van der Waals surface area contributed by atoms with Gasteiger partial charge in [0.2, 0.25) is 0 Å². The zero-order valence-electron chi connectivity index (χ0n) is 13.1. The van der Waals surface area contributed by atoms with Crippen molar-refractivity contribution in [2.45, 2.75) is 32.2 Å². The van der Waals surface area contributed by atoms with E-state index in [1.165, 1.54) is 24.9 Å². The minimum atomic E-state index is 0.388. The zero-order chi connectivity index (χ0) is 14.4. The third-order valence-electron chi connectivity index (χ3n) is 3.86. The predicted molar refractivity (Wildman–Crippen MR) is 84.2 cm³/mol. The first kappa shape index (κ1) is 15.3. The molecule has 20 heavy (non-hydrogen) atoms. The normalized spacial score (nSPS) is 16.4. The molecule has 0 heterocycles. The summed E-state index contributed by atoms with van der Waals surface area (Å²) in [5, 5.41) is 3.42. The van der Waals surface area contributed by atoms with Gasteiger partial charge in [0, 0.05) is 19.1 Å². The molecule has 0 aromatic heterocycles. The SMILES string of the molecule is CCCOc1ccc(C(CN(C)CC2CC2)NC)cc1. The molecule has 1 unspecified atom stereocenters. The Labute approximate surface area is 123 Å². The molecular weight excluding hydrogens is 248 g/mol. The number of rotatable bonds is 9. The second kappa shape index (κ2) is 7.65. The zero-order valence-corrected chi connectivity index (χ0v) is 13.1. The van der Waals surface area contributed by atoms with Gasteiger partial charge in [0.05, 0.1) is 6.61 Å². The molecule has 1 aliphatic carbocycles. The Bertz CT molecular complexity index is 386. The molecule has 0 saturated heterocycles. The van der Waals surface area contributed by atoms with Crippen molar-refractivity contribution in [2.24, 2.45) is 5.92 Å². The van der Waals surface area contributed by atoms with Crippen LogP contribution >= 0.6 is 0 Å². The fraction of sp³-hybridized carbons (Fsp3) is 0.647. The molecule has 1 atom stereocenters. The second-order valence-corrected chi connectivity index (χ2v) is 5.92. The van der Waals surface area contributed by atoms with Crippen molar-refractivity contribution in [3.8, 4) is 5.75 Å². The molecule has 0 amide bonds. The van der Waals surface area contributed by atoms with Crippen molar-refractivity contribution in [3.05, 3.63) is 29.8 Å². The first-order valence-corrected chi connectivity index (χ1v) is 7.81. The second-order valence-electron chi connectivity index (χ2n) is 5.92. The highest BCUT2D eigenvalue weighted by Crippen LogP contribution is 2.29. The summed E-state index contributed by atoms with van der Waals surface area (Å²) in [7, 11) is 4.26. The summed E-state index contributed by atoms with van der Waals surface area (Å²) < 4.78 is 5.63. The molecule has 1 saturated carbocycles. The van der Waals surface area contributed by atoms with Crippen LogP contribution < -0.4 is 10.1 Å². The molecule has 1 aromatic carbocycles. The molecule has 2 rings (SSSR count). The summed E-state index contributed by atoms with van der Waals surface area (Å²) in [5.41, 5.74) is 1.33. The third kappa shape index (κ3) is 4.80. The Balaban J connectivity index is 1.88. The fourth-order valence-electron chi connectivity index (χ4n) is 2.51. The van der Waals surface area contributed by atoms with Gasteiger partial charge in [0.1, 0.15) is 5.75 Å². The van der Waals surface area contributed by atoms with Crippen LogP contribution in [0.3, 0.4) is 0 Å². The van der Waals surface area contributed by atoms with Crippen LogP contribution in [0.1, 0.15) is 37.8 Å². The lowest BCUT2D eigenvalue weighted by molar-refractivity contribution is 0.286. The van der Waals surface area contributed by atoms with Crippen molar-refractivity contribution in [3.63, 3.8) is 0 Å². The Kier molecular flexibility index (Phi) is 5.86. The quantitative estimate of drug-likeness (QED) is 0.750. The van der Waals surface area contributed by atoms with Crippen LogP contribution in [0, 0.1) is 5.92 Å². The minimum Gasteiger partial charge on any atom is -0.494 e. The molecule has 1 N–H and O–H groups in total. The van der Waals surface area contributed by atoms with Gasteiger partial charge in [-0.05, 0) is 57.0 Å². The van der Waals surface area contributed by atoms with Gasteiger partial charge >= 0.3 is 0 Å². The van der Waals surface area contributed by atoms with E-state index in [0.717, 1.165) is 31.2 Å². The van der Waals surface area contributed by atoms with Gasteiger partial charge in [0.25, 0.3) is 0 Å². The predicted octanol–water partition coefficient (Wildman–Crippen LogP) is 3.08. The lowest BCUT2D eigenvalue weighted by Crippen LogP contribution is -2.32. The van der Waals surface area contributed by atoms with Crippen molar-refractivity contribution in [2.75, 3.05) is 33.8 Å². The molecule has 0 bridgehead atoms. The first-order valence-electron chi connectivity index (χ1n) is 7.81. The van der Waals surface area contributed by atoms with E-state index in [2.05, 4.69) is 48.5 Å². The van der Waals surface area contributed by atoms with E-state index >= 15 is 0 Å². The van der Waals surface area contributed by atoms with E-state index in [0.29, 0.717) is 6.04 Å². The average Bonchev–Trinajstić information content (AvgIpc) is 3.27. The average molecular weight is 276 g/mol. The molecule has 1 aromatic rings. The van der Waals surface area contributed by atoms with Crippen LogP contribution in [0.5, 0.6) is 5.75 Å². The molecule has 3 nitrogen and oxygen atoms in total. The topological polar surface area (TPSA) is 24.5 Å². The number of likely N-dealkylation sites (N-methyl/N-ethyl adjacent to an activating group) is 2. The van der Waals surface area contributed by atoms with Gasteiger partial charge in [-0.3, -0.25) is 0 Å². The fourth-order valence-corrected chi connectivity index (χ4v) is 2.51. The van der Waals surface area contributed by atoms with Crippen LogP contribution in [-0.2, 0) is 0 Å². The Hall–Kier alpha value is -1.06. The number of hydrogen-bond donors (Lipinski definition) is 1. The summed E-state index contributed by atoms with van der Waals surface area (Å²) >= 11 is 0. The van der Waals surface area contributed by atoms with E-state index in [-0.39, 0.29) is 0 Å². The lowest BCUT2D eigenvalue weighted by atomic mass is 10.1. The Morgan fingerprint density at radius 2 is 2.00 bits per heavy atom. The molecule has 112 valence electrons. The van der Waals surface area contributed by atoms with E-state index < -0.39 is 0 Å². The van der Waals surface area contributed by atoms with Gasteiger partial charge in [-0.1, -0.05) is 19.1 Å². The number of benzene rings is 1. The van der Waals surface area contributed by atoms with Crippen LogP contribution in [0.15, 0.2) is 24.3 Å². The maximum absolute atomic E-state index is 5.63. The van der Waals surface area contributed by atoms with Crippen molar-refractivity contribution >= 4 is 0 Å². The largest absolute Gasteiger partial charge is 0.494 e. The van der Waals surface area contributed by atoms with Gasteiger partial charge in [-0.2, -0.15) is 0 Å². The number of ether oxygens (including phenoxy) is 1. The summed E-state index contributed by atoms with van der Waals surface area (Å²) in [6.45, 7) is 5.21. The van der Waals surface area contributed by atoms with E-state index in [9.17, 15) is 0 Å². The smallest absolute Gasteiger partial charge is 0.119 e. The summed E-state index contributed by atoms with van der Waals surface area (Å²) in [4.78, 5) is 2.44. The highest BCUT2D eigenvalue weighted by atomic mass is 16.5. The van der Waals surface area contributed by atoms with Crippen molar-refractivity contribution in [1.29, 1.82) is 0 Å². The summed E-state index contributed by atoms with van der Waals surface area (Å²) in [5.74, 6) is 1.92. The Morgan fingerprint density at radius 1 is 1.30 bits per heavy atom. The van der Waals surface area contributed by atoms with Crippen LogP contribution in [0.2, 0.25) is 0 Å². The van der Waals surface area contributed by atoms with Crippen LogP contribution in [0.4, 0.5) is 0 Å².